The average molecular weight is 549 g/mol. The van der Waals surface area contributed by atoms with Crippen molar-refractivity contribution in [1.82, 2.24) is 0 Å². The van der Waals surface area contributed by atoms with Gasteiger partial charge in [-0.25, -0.2) is 0 Å². The lowest BCUT2D eigenvalue weighted by Gasteiger charge is -2.45. The van der Waals surface area contributed by atoms with Crippen LogP contribution < -0.4 is 0 Å². The minimum atomic E-state index is 0.170. The van der Waals surface area contributed by atoms with Crippen molar-refractivity contribution in [2.45, 2.75) is 84.5 Å². The first-order valence-electron chi connectivity index (χ1n) is 15.9. The van der Waals surface area contributed by atoms with E-state index in [1.807, 2.05) is 0 Å². The van der Waals surface area contributed by atoms with Crippen molar-refractivity contribution in [3.63, 3.8) is 0 Å². The molecule has 42 heavy (non-hydrogen) atoms. The van der Waals surface area contributed by atoms with E-state index in [-0.39, 0.29) is 16.2 Å². The number of fused-ring (bicyclic) bond motifs is 2. The zero-order valence-corrected chi connectivity index (χ0v) is 26.3. The Bertz CT molecular complexity index is 1590. The first-order valence-corrected chi connectivity index (χ1v) is 15.9. The lowest BCUT2D eigenvalue weighted by atomic mass is 9.59. The van der Waals surface area contributed by atoms with Gasteiger partial charge in [-0.1, -0.05) is 156 Å². The van der Waals surface area contributed by atoms with Crippen LogP contribution >= 0.6 is 0 Å². The summed E-state index contributed by atoms with van der Waals surface area (Å²) in [6.45, 7) is 13.7. The molecule has 0 nitrogen and oxygen atoms in total. The van der Waals surface area contributed by atoms with E-state index in [1.54, 1.807) is 11.1 Å². The second kappa shape index (κ2) is 9.70. The molecule has 212 valence electrons. The fraction of sp³-hybridized carbons (Fsp3) is 0.333. The van der Waals surface area contributed by atoms with E-state index in [0.29, 0.717) is 0 Å². The van der Waals surface area contributed by atoms with Crippen LogP contribution in [0, 0.1) is 5.41 Å². The van der Waals surface area contributed by atoms with Gasteiger partial charge in [0.1, 0.15) is 0 Å². The summed E-state index contributed by atoms with van der Waals surface area (Å²) in [6.07, 6.45) is 11.2. The predicted molar refractivity (Wildman–Crippen MR) is 181 cm³/mol. The topological polar surface area (TPSA) is 0 Å². The molecule has 1 fully saturated rings. The van der Waals surface area contributed by atoms with Gasteiger partial charge in [-0.15, -0.1) is 0 Å². The molecule has 0 saturated heterocycles. The van der Waals surface area contributed by atoms with Crippen LogP contribution in [0.2, 0.25) is 0 Å². The summed E-state index contributed by atoms with van der Waals surface area (Å²) in [5.41, 5.74) is 17.9. The Morgan fingerprint density at radius 3 is 1.24 bits per heavy atom. The van der Waals surface area contributed by atoms with Crippen molar-refractivity contribution in [2.24, 2.45) is 5.41 Å². The largest absolute Gasteiger partial charge is 0.0613 e. The number of rotatable bonds is 4. The number of allylic oxidation sites excluding steroid dienone is 2. The number of hydrogen-bond acceptors (Lipinski definition) is 0. The fourth-order valence-electron chi connectivity index (χ4n) is 7.53. The Morgan fingerprint density at radius 2 is 0.905 bits per heavy atom. The molecule has 0 heterocycles. The molecule has 0 amide bonds. The molecule has 0 atom stereocenters. The predicted octanol–water partition coefficient (Wildman–Crippen LogP) is 11.4. The van der Waals surface area contributed by atoms with Gasteiger partial charge < -0.3 is 0 Å². The Labute approximate surface area is 253 Å². The summed E-state index contributed by atoms with van der Waals surface area (Å²) < 4.78 is 0. The Kier molecular flexibility index (Phi) is 6.28. The molecular formula is C42H44. The molecule has 4 aromatic rings. The summed E-state index contributed by atoms with van der Waals surface area (Å²) in [4.78, 5) is 0. The first kappa shape index (κ1) is 27.2. The standard InChI is InChI=1S/C42H44/c1-40(2,3)32-18-14-28(15-19-32)36-12-7-10-30-24-34(26-38(30)36)42(22-9-23-42)35-25-31-11-8-13-37(39(31)27-35)29-16-20-33(21-17-29)41(4,5)6/h7-8,10-21,26-27H,9,22-25H2,1-6H3. The third kappa shape index (κ3) is 4.51. The van der Waals surface area contributed by atoms with Crippen molar-refractivity contribution >= 4 is 12.2 Å². The van der Waals surface area contributed by atoms with Gasteiger partial charge in [0.15, 0.2) is 0 Å². The highest BCUT2D eigenvalue weighted by Gasteiger charge is 2.46. The van der Waals surface area contributed by atoms with Crippen molar-refractivity contribution in [3.8, 4) is 22.3 Å². The van der Waals surface area contributed by atoms with Crippen LogP contribution in [0.25, 0.3) is 34.4 Å². The maximum atomic E-state index is 2.58. The molecule has 0 aromatic heterocycles. The zero-order valence-electron chi connectivity index (χ0n) is 26.3. The second-order valence-electron chi connectivity index (χ2n) is 15.0. The molecule has 4 aromatic carbocycles. The van der Waals surface area contributed by atoms with Crippen LogP contribution in [0.1, 0.15) is 94.2 Å². The van der Waals surface area contributed by atoms with Crippen molar-refractivity contribution in [3.05, 3.63) is 129 Å². The monoisotopic (exact) mass is 548 g/mol. The zero-order chi connectivity index (χ0) is 29.3. The van der Waals surface area contributed by atoms with E-state index in [9.17, 15) is 0 Å². The molecule has 7 rings (SSSR count). The molecular weight excluding hydrogens is 504 g/mol. The van der Waals surface area contributed by atoms with Gasteiger partial charge in [-0.05, 0) is 92.1 Å². The SMILES string of the molecule is CC(C)(C)c1ccc(-c2cccc3c2C=C(C2(C4=Cc5c(cccc5-c5ccc(C(C)(C)C)cc5)C4)CCC2)C3)cc1. The Morgan fingerprint density at radius 1 is 0.500 bits per heavy atom. The summed E-state index contributed by atoms with van der Waals surface area (Å²) in [6, 6.07) is 32.4. The number of benzene rings is 4. The molecule has 0 heteroatoms. The van der Waals surface area contributed by atoms with Gasteiger partial charge in [0.05, 0.1) is 0 Å². The lowest BCUT2D eigenvalue weighted by molar-refractivity contribution is 0.235. The molecule has 3 aliphatic rings. The van der Waals surface area contributed by atoms with E-state index in [1.165, 1.54) is 74.9 Å². The normalized spacial score (nSPS) is 17.3. The maximum Gasteiger partial charge on any atom is 0.0134 e. The van der Waals surface area contributed by atoms with Crippen LogP contribution in [-0.4, -0.2) is 0 Å². The van der Waals surface area contributed by atoms with Crippen LogP contribution in [-0.2, 0) is 23.7 Å². The lowest BCUT2D eigenvalue weighted by Crippen LogP contribution is -2.34. The first-order chi connectivity index (χ1) is 20.0. The highest BCUT2D eigenvalue weighted by Crippen LogP contribution is 2.58. The molecule has 0 unspecified atom stereocenters. The van der Waals surface area contributed by atoms with Gasteiger partial charge in [0.25, 0.3) is 0 Å². The van der Waals surface area contributed by atoms with Gasteiger partial charge in [-0.3, -0.25) is 0 Å². The second-order valence-corrected chi connectivity index (χ2v) is 15.0. The smallest absolute Gasteiger partial charge is 0.0134 e. The van der Waals surface area contributed by atoms with Crippen molar-refractivity contribution < 1.29 is 0 Å². The molecule has 0 spiro atoms. The Hall–Kier alpha value is -3.64. The summed E-state index contributed by atoms with van der Waals surface area (Å²) >= 11 is 0. The summed E-state index contributed by atoms with van der Waals surface area (Å²) in [7, 11) is 0. The molecule has 0 N–H and O–H groups in total. The van der Waals surface area contributed by atoms with Crippen LogP contribution in [0.15, 0.2) is 96.1 Å². The van der Waals surface area contributed by atoms with Gasteiger partial charge in [0.2, 0.25) is 0 Å². The molecule has 0 aliphatic heterocycles. The molecule has 0 radical (unpaired) electrons. The third-order valence-electron chi connectivity index (χ3n) is 10.4. The van der Waals surface area contributed by atoms with E-state index in [4.69, 9.17) is 0 Å². The molecule has 3 aliphatic carbocycles. The quantitative estimate of drug-likeness (QED) is 0.238. The summed E-state index contributed by atoms with van der Waals surface area (Å²) in [5, 5.41) is 0. The highest BCUT2D eigenvalue weighted by molar-refractivity contribution is 5.85. The van der Waals surface area contributed by atoms with Crippen LogP contribution in [0.3, 0.4) is 0 Å². The van der Waals surface area contributed by atoms with Gasteiger partial charge >= 0.3 is 0 Å². The third-order valence-corrected chi connectivity index (χ3v) is 10.4. The fourth-order valence-corrected chi connectivity index (χ4v) is 7.53. The summed E-state index contributed by atoms with van der Waals surface area (Å²) in [5.74, 6) is 0. The minimum absolute atomic E-state index is 0.170. The van der Waals surface area contributed by atoms with Crippen molar-refractivity contribution in [2.75, 3.05) is 0 Å². The molecule has 0 bridgehead atoms. The average Bonchev–Trinajstić information content (AvgIpc) is 3.56. The maximum absolute atomic E-state index is 2.58. The Balaban J connectivity index is 1.23. The minimum Gasteiger partial charge on any atom is -0.0613 e. The molecule has 1 saturated carbocycles. The van der Waals surface area contributed by atoms with E-state index in [0.717, 1.165) is 12.8 Å². The highest BCUT2D eigenvalue weighted by atomic mass is 14.5. The van der Waals surface area contributed by atoms with Crippen LogP contribution in [0.5, 0.6) is 0 Å². The van der Waals surface area contributed by atoms with E-state index >= 15 is 0 Å². The van der Waals surface area contributed by atoms with Crippen LogP contribution in [0.4, 0.5) is 0 Å². The van der Waals surface area contributed by atoms with E-state index in [2.05, 4.69) is 139 Å². The van der Waals surface area contributed by atoms with Crippen molar-refractivity contribution in [1.29, 1.82) is 0 Å². The van der Waals surface area contributed by atoms with Gasteiger partial charge in [-0.2, -0.15) is 0 Å². The number of hydrogen-bond donors (Lipinski definition) is 0. The van der Waals surface area contributed by atoms with E-state index < -0.39 is 0 Å². The van der Waals surface area contributed by atoms with Gasteiger partial charge in [0, 0.05) is 5.41 Å².